The smallest absolute Gasteiger partial charge is 0.326 e. The molecule has 5 unspecified atom stereocenters. The summed E-state index contributed by atoms with van der Waals surface area (Å²) in [7, 11) is 0. The Morgan fingerprint density at radius 2 is 1.75 bits per heavy atom. The normalized spacial score (nSPS) is 19.7. The summed E-state index contributed by atoms with van der Waals surface area (Å²) in [4.78, 5) is 61.8. The Labute approximate surface area is 187 Å². The second-order valence-electron chi connectivity index (χ2n) is 8.56. The average Bonchev–Trinajstić information content (AvgIpc) is 3.16. The van der Waals surface area contributed by atoms with Crippen molar-refractivity contribution >= 4 is 29.6 Å². The van der Waals surface area contributed by atoms with E-state index in [0.717, 1.165) is 0 Å². The molecule has 8 N–H and O–H groups in total. The van der Waals surface area contributed by atoms with Crippen LogP contribution in [0.15, 0.2) is 0 Å². The van der Waals surface area contributed by atoms with E-state index in [1.54, 1.807) is 0 Å². The number of carboxylic acid groups (broad SMARTS) is 1. The Kier molecular flexibility index (Phi) is 10.5. The molecule has 32 heavy (non-hydrogen) atoms. The van der Waals surface area contributed by atoms with Crippen LogP contribution >= 0.6 is 0 Å². The van der Waals surface area contributed by atoms with Gasteiger partial charge < -0.3 is 37.2 Å². The highest BCUT2D eigenvalue weighted by Gasteiger charge is 2.38. The van der Waals surface area contributed by atoms with Crippen molar-refractivity contribution in [1.82, 2.24) is 15.5 Å². The number of hydrogen-bond donors (Lipinski definition) is 6. The SMILES string of the molecule is CC(C)CC(N)C(=O)N1CCCC1C(=O)NC(C(=O)NC(CCC(N)=O)C(=O)O)C(C)O. The van der Waals surface area contributed by atoms with E-state index in [-0.39, 0.29) is 24.7 Å². The highest BCUT2D eigenvalue weighted by atomic mass is 16.4. The van der Waals surface area contributed by atoms with E-state index in [2.05, 4.69) is 10.6 Å². The number of nitrogens with zero attached hydrogens (tertiary/aromatic N) is 1. The zero-order valence-electron chi connectivity index (χ0n) is 18.7. The van der Waals surface area contributed by atoms with Crippen molar-refractivity contribution in [3.05, 3.63) is 0 Å². The van der Waals surface area contributed by atoms with Gasteiger partial charge in [0.1, 0.15) is 18.1 Å². The molecular weight excluding hydrogens is 422 g/mol. The quantitative estimate of drug-likeness (QED) is 0.194. The first-order valence-electron chi connectivity index (χ1n) is 10.7. The molecule has 1 fully saturated rings. The summed E-state index contributed by atoms with van der Waals surface area (Å²) in [6, 6.07) is -4.48. The van der Waals surface area contributed by atoms with Crippen LogP contribution in [0.3, 0.4) is 0 Å². The molecule has 4 amide bonds. The van der Waals surface area contributed by atoms with Gasteiger partial charge in [-0.3, -0.25) is 19.2 Å². The Hall–Kier alpha value is -2.73. The maximum atomic E-state index is 12.8. The van der Waals surface area contributed by atoms with Crippen molar-refractivity contribution in [2.45, 2.75) is 83.1 Å². The zero-order valence-corrected chi connectivity index (χ0v) is 18.7. The minimum atomic E-state index is -1.46. The van der Waals surface area contributed by atoms with Crippen molar-refractivity contribution in [1.29, 1.82) is 0 Å². The molecule has 0 aromatic rings. The van der Waals surface area contributed by atoms with Gasteiger partial charge in [-0.1, -0.05) is 13.8 Å². The van der Waals surface area contributed by atoms with E-state index in [0.29, 0.717) is 25.8 Å². The predicted molar refractivity (Wildman–Crippen MR) is 114 cm³/mol. The summed E-state index contributed by atoms with van der Waals surface area (Å²) in [6.45, 7) is 5.48. The Morgan fingerprint density at radius 1 is 1.12 bits per heavy atom. The number of carboxylic acids is 1. The molecule has 1 aliphatic rings. The van der Waals surface area contributed by atoms with Crippen LogP contribution in [-0.4, -0.2) is 81.5 Å². The fourth-order valence-corrected chi connectivity index (χ4v) is 3.58. The molecule has 0 aromatic heterocycles. The summed E-state index contributed by atoms with van der Waals surface area (Å²) < 4.78 is 0. The maximum absolute atomic E-state index is 12.8. The highest BCUT2D eigenvalue weighted by molar-refractivity contribution is 5.94. The first kappa shape index (κ1) is 27.3. The molecule has 0 aromatic carbocycles. The van der Waals surface area contributed by atoms with Crippen molar-refractivity contribution in [2.75, 3.05) is 6.54 Å². The first-order chi connectivity index (χ1) is 14.8. The van der Waals surface area contributed by atoms with Crippen LogP contribution in [0.1, 0.15) is 52.9 Å². The number of primary amides is 1. The molecule has 0 aliphatic carbocycles. The Bertz CT molecular complexity index is 712. The van der Waals surface area contributed by atoms with Crippen molar-refractivity contribution < 1.29 is 34.2 Å². The van der Waals surface area contributed by atoms with Crippen molar-refractivity contribution in [2.24, 2.45) is 17.4 Å². The van der Waals surface area contributed by atoms with Gasteiger partial charge in [0, 0.05) is 13.0 Å². The van der Waals surface area contributed by atoms with Crippen LogP contribution in [0.25, 0.3) is 0 Å². The summed E-state index contributed by atoms with van der Waals surface area (Å²) in [5.41, 5.74) is 11.0. The third-order valence-electron chi connectivity index (χ3n) is 5.24. The largest absolute Gasteiger partial charge is 0.480 e. The summed E-state index contributed by atoms with van der Waals surface area (Å²) in [5.74, 6) is -3.85. The van der Waals surface area contributed by atoms with Gasteiger partial charge >= 0.3 is 5.97 Å². The molecule has 1 heterocycles. The van der Waals surface area contributed by atoms with E-state index in [1.807, 2.05) is 13.8 Å². The molecular formula is C20H35N5O7. The number of amides is 4. The van der Waals surface area contributed by atoms with Crippen molar-refractivity contribution in [3.63, 3.8) is 0 Å². The molecule has 5 atom stereocenters. The van der Waals surface area contributed by atoms with E-state index in [4.69, 9.17) is 11.5 Å². The molecule has 0 radical (unpaired) electrons. The highest BCUT2D eigenvalue weighted by Crippen LogP contribution is 2.20. The average molecular weight is 458 g/mol. The van der Waals surface area contributed by atoms with E-state index < -0.39 is 54.0 Å². The minimum absolute atomic E-state index is 0.198. The maximum Gasteiger partial charge on any atom is 0.326 e. The van der Waals surface area contributed by atoms with E-state index >= 15 is 0 Å². The van der Waals surface area contributed by atoms with Gasteiger partial charge in [0.25, 0.3) is 0 Å². The first-order valence-corrected chi connectivity index (χ1v) is 10.7. The lowest BCUT2D eigenvalue weighted by Gasteiger charge is -2.29. The number of likely N-dealkylation sites (tertiary alicyclic amines) is 1. The Morgan fingerprint density at radius 3 is 2.25 bits per heavy atom. The van der Waals surface area contributed by atoms with Gasteiger partial charge in [-0.25, -0.2) is 4.79 Å². The second-order valence-corrected chi connectivity index (χ2v) is 8.56. The molecule has 12 heteroatoms. The molecule has 0 spiro atoms. The number of aliphatic carboxylic acids is 1. The summed E-state index contributed by atoms with van der Waals surface area (Å²) in [6.07, 6.45) is -0.439. The van der Waals surface area contributed by atoms with Gasteiger partial charge in [-0.15, -0.1) is 0 Å². The Balaban J connectivity index is 2.86. The molecule has 12 nitrogen and oxygen atoms in total. The molecule has 1 aliphatic heterocycles. The minimum Gasteiger partial charge on any atom is -0.480 e. The second kappa shape index (κ2) is 12.3. The van der Waals surface area contributed by atoms with Gasteiger partial charge in [-0.2, -0.15) is 0 Å². The standard InChI is InChI=1S/C20H35N5O7/c1-10(2)9-12(21)19(30)25-8-4-5-14(25)17(28)24-16(11(3)26)18(29)23-13(20(31)32)6-7-15(22)27/h10-14,16,26H,4-9,21H2,1-3H3,(H2,22,27)(H,23,29)(H,24,28)(H,31,32). The summed E-state index contributed by atoms with van der Waals surface area (Å²) >= 11 is 0. The number of aliphatic hydroxyl groups is 1. The van der Waals surface area contributed by atoms with Crippen LogP contribution in [0, 0.1) is 5.92 Å². The van der Waals surface area contributed by atoms with Crippen LogP contribution < -0.4 is 22.1 Å². The van der Waals surface area contributed by atoms with Gasteiger partial charge in [0.15, 0.2) is 0 Å². The predicted octanol–water partition coefficient (Wildman–Crippen LogP) is -1.95. The summed E-state index contributed by atoms with van der Waals surface area (Å²) in [5, 5.41) is 23.9. The van der Waals surface area contributed by atoms with Crippen LogP contribution in [0.5, 0.6) is 0 Å². The number of nitrogens with one attached hydrogen (secondary N) is 2. The number of carbonyl (C=O) groups excluding carboxylic acids is 4. The lowest BCUT2D eigenvalue weighted by Crippen LogP contribution is -2.59. The number of aliphatic hydroxyl groups excluding tert-OH is 1. The van der Waals surface area contributed by atoms with Crippen LogP contribution in [0.2, 0.25) is 0 Å². The molecule has 0 saturated carbocycles. The van der Waals surface area contributed by atoms with Crippen LogP contribution in [0.4, 0.5) is 0 Å². The van der Waals surface area contributed by atoms with E-state index in [9.17, 15) is 34.2 Å². The number of nitrogens with two attached hydrogens (primary N) is 2. The fraction of sp³-hybridized carbons (Fsp3) is 0.750. The van der Waals surface area contributed by atoms with Gasteiger partial charge in [-0.05, 0) is 38.5 Å². The molecule has 0 bridgehead atoms. The molecule has 182 valence electrons. The molecule has 1 rings (SSSR count). The lowest BCUT2D eigenvalue weighted by molar-refractivity contribution is -0.144. The van der Waals surface area contributed by atoms with E-state index in [1.165, 1.54) is 11.8 Å². The fourth-order valence-electron chi connectivity index (χ4n) is 3.58. The lowest BCUT2D eigenvalue weighted by atomic mass is 10.0. The van der Waals surface area contributed by atoms with Crippen molar-refractivity contribution in [3.8, 4) is 0 Å². The third-order valence-corrected chi connectivity index (χ3v) is 5.24. The monoisotopic (exact) mass is 457 g/mol. The molecule has 1 saturated heterocycles. The number of rotatable bonds is 12. The zero-order chi connectivity index (χ0) is 24.6. The number of hydrogen-bond acceptors (Lipinski definition) is 7. The topological polar surface area (TPSA) is 205 Å². The van der Waals surface area contributed by atoms with Crippen LogP contribution in [-0.2, 0) is 24.0 Å². The van der Waals surface area contributed by atoms with Gasteiger partial charge in [0.2, 0.25) is 23.6 Å². The van der Waals surface area contributed by atoms with Gasteiger partial charge in [0.05, 0.1) is 12.1 Å². The third kappa shape index (κ3) is 8.08. The number of carbonyl (C=O) groups is 5.